The molecule has 0 fully saturated rings. The minimum atomic E-state index is -0.637. The van der Waals surface area contributed by atoms with Crippen molar-refractivity contribution in [3.63, 3.8) is 0 Å². The molecule has 0 aromatic heterocycles. The van der Waals surface area contributed by atoms with Gasteiger partial charge in [0.05, 0.1) is 0 Å². The number of carbonyl (C=O) groups excluding carboxylic acids is 2. The van der Waals surface area contributed by atoms with Crippen LogP contribution in [0, 0.1) is 0 Å². The SMILES string of the molecule is CCNC(=O)C(Cc1ccccc1)N(Cc1ccc(Cl)cc1)C(=O)CCc1ccccc1Cl. The topological polar surface area (TPSA) is 49.4 Å². The third kappa shape index (κ3) is 7.34. The van der Waals surface area contributed by atoms with Crippen LogP contribution in [-0.4, -0.2) is 29.3 Å². The summed E-state index contributed by atoms with van der Waals surface area (Å²) < 4.78 is 0. The number of likely N-dealkylation sites (N-methyl/N-ethyl adjacent to an activating group) is 1. The van der Waals surface area contributed by atoms with Crippen molar-refractivity contribution >= 4 is 35.0 Å². The van der Waals surface area contributed by atoms with E-state index < -0.39 is 6.04 Å². The Hall–Kier alpha value is -2.82. The molecule has 0 saturated heterocycles. The Bertz CT molecular complexity index is 1060. The second-order valence-corrected chi connectivity index (χ2v) is 8.68. The molecule has 4 nitrogen and oxygen atoms in total. The molecule has 0 radical (unpaired) electrons. The molecule has 0 aliphatic rings. The normalized spacial score (nSPS) is 11.6. The van der Waals surface area contributed by atoms with Gasteiger partial charge in [-0.05, 0) is 48.2 Å². The van der Waals surface area contributed by atoms with Crippen molar-refractivity contribution in [2.45, 2.75) is 38.8 Å². The first-order valence-corrected chi connectivity index (χ1v) is 11.8. The minimum absolute atomic E-state index is 0.1000. The fourth-order valence-corrected chi connectivity index (χ4v) is 4.08. The van der Waals surface area contributed by atoms with Crippen LogP contribution in [0.4, 0.5) is 0 Å². The zero-order chi connectivity index (χ0) is 23.6. The van der Waals surface area contributed by atoms with E-state index in [1.165, 1.54) is 0 Å². The van der Waals surface area contributed by atoms with Crippen LogP contribution >= 0.6 is 23.2 Å². The standard InChI is InChI=1S/C27H28Cl2N2O2/c1-2-30-27(33)25(18-20-8-4-3-5-9-20)31(19-21-12-15-23(28)16-13-21)26(32)17-14-22-10-6-7-11-24(22)29/h3-13,15-16,25H,2,14,17-19H2,1H3,(H,30,33). The van der Waals surface area contributed by atoms with Crippen molar-refractivity contribution in [1.29, 1.82) is 0 Å². The molecule has 1 N–H and O–H groups in total. The molecule has 1 unspecified atom stereocenters. The van der Waals surface area contributed by atoms with Gasteiger partial charge in [-0.2, -0.15) is 0 Å². The van der Waals surface area contributed by atoms with E-state index in [0.717, 1.165) is 16.7 Å². The van der Waals surface area contributed by atoms with Gasteiger partial charge in [0.15, 0.2) is 0 Å². The highest BCUT2D eigenvalue weighted by Crippen LogP contribution is 2.20. The Morgan fingerprint density at radius 3 is 2.21 bits per heavy atom. The first-order chi connectivity index (χ1) is 16.0. The zero-order valence-electron chi connectivity index (χ0n) is 18.6. The quantitative estimate of drug-likeness (QED) is 0.402. The van der Waals surface area contributed by atoms with Crippen molar-refractivity contribution in [1.82, 2.24) is 10.2 Å². The molecule has 1 atom stereocenters. The van der Waals surface area contributed by atoms with Crippen molar-refractivity contribution in [2.75, 3.05) is 6.54 Å². The number of halogens is 2. The molecule has 0 aliphatic carbocycles. The average Bonchev–Trinajstić information content (AvgIpc) is 2.82. The van der Waals surface area contributed by atoms with Crippen LogP contribution in [0.15, 0.2) is 78.9 Å². The molecular formula is C27H28Cl2N2O2. The summed E-state index contributed by atoms with van der Waals surface area (Å²) in [6.45, 7) is 2.68. The Morgan fingerprint density at radius 1 is 0.879 bits per heavy atom. The lowest BCUT2D eigenvalue weighted by Crippen LogP contribution is -2.50. The number of nitrogens with zero attached hydrogens (tertiary/aromatic N) is 1. The number of carbonyl (C=O) groups is 2. The van der Waals surface area contributed by atoms with E-state index in [0.29, 0.717) is 36.0 Å². The molecule has 3 rings (SSSR count). The van der Waals surface area contributed by atoms with Crippen LogP contribution in [0.5, 0.6) is 0 Å². The van der Waals surface area contributed by atoms with Gasteiger partial charge in [-0.25, -0.2) is 0 Å². The Kier molecular flexibility index (Phi) is 9.35. The molecule has 2 amide bonds. The van der Waals surface area contributed by atoms with Crippen molar-refractivity contribution in [3.05, 3.63) is 106 Å². The molecule has 0 bridgehead atoms. The van der Waals surface area contributed by atoms with Gasteiger partial charge in [-0.15, -0.1) is 0 Å². The number of benzene rings is 3. The molecule has 6 heteroatoms. The number of rotatable bonds is 10. The summed E-state index contributed by atoms with van der Waals surface area (Å²) in [5.41, 5.74) is 2.82. The average molecular weight is 483 g/mol. The fourth-order valence-electron chi connectivity index (χ4n) is 3.72. The summed E-state index contributed by atoms with van der Waals surface area (Å²) in [6.07, 6.45) is 1.18. The molecule has 33 heavy (non-hydrogen) atoms. The number of hydrogen-bond acceptors (Lipinski definition) is 2. The summed E-state index contributed by atoms with van der Waals surface area (Å²) in [5, 5.41) is 4.17. The molecule has 3 aromatic rings. The molecule has 3 aromatic carbocycles. The van der Waals surface area contributed by atoms with Crippen LogP contribution in [0.2, 0.25) is 10.0 Å². The van der Waals surface area contributed by atoms with Crippen molar-refractivity contribution in [2.24, 2.45) is 0 Å². The highest BCUT2D eigenvalue weighted by atomic mass is 35.5. The summed E-state index contributed by atoms with van der Waals surface area (Å²) in [7, 11) is 0. The predicted octanol–water partition coefficient (Wildman–Crippen LogP) is 5.70. The fraction of sp³-hybridized carbons (Fsp3) is 0.259. The van der Waals surface area contributed by atoms with Gasteiger partial charge in [0, 0.05) is 36.0 Å². The van der Waals surface area contributed by atoms with E-state index in [1.54, 1.807) is 17.0 Å². The van der Waals surface area contributed by atoms with Crippen LogP contribution in [0.25, 0.3) is 0 Å². The number of amides is 2. The first kappa shape index (κ1) is 24.8. The van der Waals surface area contributed by atoms with Gasteiger partial charge in [-0.3, -0.25) is 9.59 Å². The van der Waals surface area contributed by atoms with E-state index in [1.807, 2.05) is 73.7 Å². The summed E-state index contributed by atoms with van der Waals surface area (Å²) >= 11 is 12.3. The summed E-state index contributed by atoms with van der Waals surface area (Å²) in [5.74, 6) is -0.265. The number of hydrogen-bond donors (Lipinski definition) is 1. The van der Waals surface area contributed by atoms with Crippen LogP contribution < -0.4 is 5.32 Å². The molecule has 0 aliphatic heterocycles. The highest BCUT2D eigenvalue weighted by Gasteiger charge is 2.30. The minimum Gasteiger partial charge on any atom is -0.355 e. The van der Waals surface area contributed by atoms with E-state index in [-0.39, 0.29) is 18.2 Å². The second kappa shape index (κ2) is 12.4. The van der Waals surface area contributed by atoms with Crippen molar-refractivity contribution in [3.8, 4) is 0 Å². The molecule has 0 heterocycles. The third-order valence-electron chi connectivity index (χ3n) is 5.45. The third-order valence-corrected chi connectivity index (χ3v) is 6.08. The molecular weight excluding hydrogens is 455 g/mol. The van der Waals surface area contributed by atoms with Gasteiger partial charge in [0.25, 0.3) is 0 Å². The van der Waals surface area contributed by atoms with E-state index >= 15 is 0 Å². The molecule has 0 saturated carbocycles. The maximum atomic E-state index is 13.5. The second-order valence-electron chi connectivity index (χ2n) is 7.84. The largest absolute Gasteiger partial charge is 0.355 e. The van der Waals surface area contributed by atoms with E-state index in [4.69, 9.17) is 23.2 Å². The number of nitrogens with one attached hydrogen (secondary N) is 1. The summed E-state index contributed by atoms with van der Waals surface area (Å²) in [6, 6.07) is 24.0. The molecule has 0 spiro atoms. The first-order valence-electron chi connectivity index (χ1n) is 11.1. The predicted molar refractivity (Wildman–Crippen MR) is 134 cm³/mol. The Labute approximate surface area is 205 Å². The Balaban J connectivity index is 1.89. The maximum absolute atomic E-state index is 13.5. The van der Waals surface area contributed by atoms with Gasteiger partial charge in [-0.1, -0.05) is 83.9 Å². The van der Waals surface area contributed by atoms with Gasteiger partial charge in [0.1, 0.15) is 6.04 Å². The lowest BCUT2D eigenvalue weighted by Gasteiger charge is -2.31. The zero-order valence-corrected chi connectivity index (χ0v) is 20.1. The van der Waals surface area contributed by atoms with Crippen LogP contribution in [0.3, 0.4) is 0 Å². The number of aryl methyl sites for hydroxylation is 1. The van der Waals surface area contributed by atoms with Gasteiger partial charge < -0.3 is 10.2 Å². The van der Waals surface area contributed by atoms with E-state index in [2.05, 4.69) is 5.32 Å². The smallest absolute Gasteiger partial charge is 0.243 e. The van der Waals surface area contributed by atoms with Crippen molar-refractivity contribution < 1.29 is 9.59 Å². The lowest BCUT2D eigenvalue weighted by atomic mass is 10.0. The highest BCUT2D eigenvalue weighted by molar-refractivity contribution is 6.31. The van der Waals surface area contributed by atoms with Crippen LogP contribution in [0.1, 0.15) is 30.0 Å². The maximum Gasteiger partial charge on any atom is 0.243 e. The van der Waals surface area contributed by atoms with E-state index in [9.17, 15) is 9.59 Å². The lowest BCUT2D eigenvalue weighted by molar-refractivity contribution is -0.141. The molecule has 172 valence electrons. The van der Waals surface area contributed by atoms with Gasteiger partial charge in [0.2, 0.25) is 11.8 Å². The Morgan fingerprint density at radius 2 is 1.55 bits per heavy atom. The summed E-state index contributed by atoms with van der Waals surface area (Å²) in [4.78, 5) is 28.3. The van der Waals surface area contributed by atoms with Crippen LogP contribution in [-0.2, 0) is 29.0 Å². The van der Waals surface area contributed by atoms with Gasteiger partial charge >= 0.3 is 0 Å². The monoisotopic (exact) mass is 482 g/mol.